The summed E-state index contributed by atoms with van der Waals surface area (Å²) in [4.78, 5) is 0. The van der Waals surface area contributed by atoms with Crippen molar-refractivity contribution in [2.24, 2.45) is 11.8 Å². The Bertz CT molecular complexity index is 394. The van der Waals surface area contributed by atoms with E-state index in [0.717, 1.165) is 35.8 Å². The summed E-state index contributed by atoms with van der Waals surface area (Å²) in [5, 5.41) is 0. The number of ether oxygens (including phenoxy) is 1. The van der Waals surface area contributed by atoms with Crippen LogP contribution in [-0.4, -0.2) is 6.10 Å². The molecule has 86 valence electrons. The quantitative estimate of drug-likeness (QED) is 0.739. The summed E-state index contributed by atoms with van der Waals surface area (Å²) in [6.07, 6.45) is 3.86. The van der Waals surface area contributed by atoms with Gasteiger partial charge in [-0.05, 0) is 62.1 Å². The van der Waals surface area contributed by atoms with E-state index in [1.807, 2.05) is 19.9 Å². The fourth-order valence-electron chi connectivity index (χ4n) is 2.97. The molecule has 2 aliphatic carbocycles. The van der Waals surface area contributed by atoms with Gasteiger partial charge in [0.15, 0.2) is 11.6 Å². The van der Waals surface area contributed by atoms with Crippen molar-refractivity contribution in [3.8, 4) is 5.75 Å². The monoisotopic (exact) mass is 220 g/mol. The van der Waals surface area contributed by atoms with Crippen LogP contribution in [0.4, 0.5) is 4.39 Å². The lowest BCUT2D eigenvalue weighted by molar-refractivity contribution is 0.185. The molecule has 0 aliphatic heterocycles. The lowest BCUT2D eigenvalue weighted by atomic mass is 10.1. The third-order valence-electron chi connectivity index (χ3n) is 3.86. The zero-order chi connectivity index (χ0) is 11.3. The molecule has 0 spiro atoms. The second kappa shape index (κ2) is 3.47. The van der Waals surface area contributed by atoms with Crippen molar-refractivity contribution in [1.29, 1.82) is 0 Å². The Morgan fingerprint density at radius 3 is 2.44 bits per heavy atom. The van der Waals surface area contributed by atoms with Crippen molar-refractivity contribution < 1.29 is 9.13 Å². The Hall–Kier alpha value is -1.05. The average Bonchev–Trinajstić information content (AvgIpc) is 2.80. The zero-order valence-electron chi connectivity index (χ0n) is 9.79. The van der Waals surface area contributed by atoms with Gasteiger partial charge >= 0.3 is 0 Å². The molecular formula is C14H17FO. The molecule has 0 N–H and O–H groups in total. The molecule has 2 heteroatoms. The summed E-state index contributed by atoms with van der Waals surface area (Å²) in [5.41, 5.74) is 1.87. The van der Waals surface area contributed by atoms with Crippen LogP contribution in [0.1, 0.15) is 30.4 Å². The highest BCUT2D eigenvalue weighted by Crippen LogP contribution is 2.52. The summed E-state index contributed by atoms with van der Waals surface area (Å²) >= 11 is 0. The Morgan fingerprint density at radius 2 is 1.81 bits per heavy atom. The standard InChI is InChI=1S/C14H17FO/c1-8-3-9(2)14(13(15)4-8)16-12-6-10-5-11(10)7-12/h3-4,10-12H,5-7H2,1-2H3. The van der Waals surface area contributed by atoms with Crippen LogP contribution in [0.2, 0.25) is 0 Å². The molecule has 2 atom stereocenters. The minimum atomic E-state index is -0.210. The highest BCUT2D eigenvalue weighted by molar-refractivity contribution is 5.37. The number of rotatable bonds is 2. The van der Waals surface area contributed by atoms with Crippen LogP contribution in [0, 0.1) is 31.5 Å². The van der Waals surface area contributed by atoms with Crippen molar-refractivity contribution >= 4 is 0 Å². The lowest BCUT2D eigenvalue weighted by Crippen LogP contribution is -2.15. The van der Waals surface area contributed by atoms with Gasteiger partial charge in [0.2, 0.25) is 0 Å². The molecule has 16 heavy (non-hydrogen) atoms. The minimum Gasteiger partial charge on any atom is -0.487 e. The highest BCUT2D eigenvalue weighted by Gasteiger charge is 2.47. The van der Waals surface area contributed by atoms with Gasteiger partial charge in [0.1, 0.15) is 0 Å². The van der Waals surface area contributed by atoms with E-state index in [1.165, 1.54) is 6.42 Å². The van der Waals surface area contributed by atoms with Crippen molar-refractivity contribution in [3.63, 3.8) is 0 Å². The molecule has 0 saturated heterocycles. The fraction of sp³-hybridized carbons (Fsp3) is 0.571. The molecule has 0 bridgehead atoms. The fourth-order valence-corrected chi connectivity index (χ4v) is 2.97. The predicted octanol–water partition coefficient (Wildman–Crippen LogP) is 3.62. The smallest absolute Gasteiger partial charge is 0.165 e. The molecule has 2 fully saturated rings. The van der Waals surface area contributed by atoms with E-state index in [1.54, 1.807) is 6.07 Å². The second-order valence-electron chi connectivity index (χ2n) is 5.36. The first-order chi connectivity index (χ1) is 7.63. The third kappa shape index (κ3) is 1.70. The highest BCUT2D eigenvalue weighted by atomic mass is 19.1. The van der Waals surface area contributed by atoms with Crippen LogP contribution in [0.5, 0.6) is 5.75 Å². The van der Waals surface area contributed by atoms with Crippen LogP contribution < -0.4 is 4.74 Å². The van der Waals surface area contributed by atoms with E-state index in [9.17, 15) is 4.39 Å². The van der Waals surface area contributed by atoms with Crippen LogP contribution in [0.3, 0.4) is 0 Å². The van der Waals surface area contributed by atoms with E-state index in [-0.39, 0.29) is 11.9 Å². The molecule has 2 saturated carbocycles. The van der Waals surface area contributed by atoms with Crippen LogP contribution in [0.25, 0.3) is 0 Å². The topological polar surface area (TPSA) is 9.23 Å². The molecule has 3 rings (SSSR count). The van der Waals surface area contributed by atoms with Gasteiger partial charge in [0.25, 0.3) is 0 Å². The third-order valence-corrected chi connectivity index (χ3v) is 3.86. The van der Waals surface area contributed by atoms with Crippen molar-refractivity contribution in [1.82, 2.24) is 0 Å². The summed E-state index contributed by atoms with van der Waals surface area (Å²) in [6, 6.07) is 3.53. The molecule has 1 nitrogen and oxygen atoms in total. The number of benzene rings is 1. The summed E-state index contributed by atoms with van der Waals surface area (Å²) in [6.45, 7) is 3.83. The van der Waals surface area contributed by atoms with Crippen LogP contribution in [-0.2, 0) is 0 Å². The van der Waals surface area contributed by atoms with Gasteiger partial charge in [-0.25, -0.2) is 4.39 Å². The van der Waals surface area contributed by atoms with Gasteiger partial charge < -0.3 is 4.74 Å². The minimum absolute atomic E-state index is 0.210. The van der Waals surface area contributed by atoms with E-state index in [4.69, 9.17) is 4.74 Å². The number of aryl methyl sites for hydroxylation is 2. The average molecular weight is 220 g/mol. The largest absolute Gasteiger partial charge is 0.487 e. The molecule has 2 unspecified atom stereocenters. The molecule has 1 aromatic carbocycles. The number of fused-ring (bicyclic) bond motifs is 1. The van der Waals surface area contributed by atoms with E-state index >= 15 is 0 Å². The predicted molar refractivity (Wildman–Crippen MR) is 61.1 cm³/mol. The van der Waals surface area contributed by atoms with E-state index < -0.39 is 0 Å². The molecule has 0 heterocycles. The van der Waals surface area contributed by atoms with Gasteiger partial charge in [-0.1, -0.05) is 6.07 Å². The van der Waals surface area contributed by atoms with E-state index in [2.05, 4.69) is 0 Å². The van der Waals surface area contributed by atoms with Gasteiger partial charge in [0.05, 0.1) is 6.10 Å². The maximum atomic E-state index is 13.7. The van der Waals surface area contributed by atoms with Gasteiger partial charge in [0, 0.05) is 0 Å². The second-order valence-corrected chi connectivity index (χ2v) is 5.36. The Labute approximate surface area is 95.6 Å². The van der Waals surface area contributed by atoms with Crippen molar-refractivity contribution in [3.05, 3.63) is 29.1 Å². The lowest BCUT2D eigenvalue weighted by Gasteiger charge is -2.17. The van der Waals surface area contributed by atoms with Crippen molar-refractivity contribution in [2.45, 2.75) is 39.2 Å². The summed E-state index contributed by atoms with van der Waals surface area (Å²) in [5.74, 6) is 2.01. The van der Waals surface area contributed by atoms with Crippen LogP contribution >= 0.6 is 0 Å². The maximum Gasteiger partial charge on any atom is 0.165 e. The number of halogens is 1. The Kier molecular flexibility index (Phi) is 2.20. The molecular weight excluding hydrogens is 203 g/mol. The SMILES string of the molecule is Cc1cc(C)c(OC2CC3CC3C2)c(F)c1. The summed E-state index contributed by atoms with van der Waals surface area (Å²) in [7, 11) is 0. The summed E-state index contributed by atoms with van der Waals surface area (Å²) < 4.78 is 19.6. The van der Waals surface area contributed by atoms with Gasteiger partial charge in [-0.15, -0.1) is 0 Å². The normalized spacial score (nSPS) is 31.3. The number of hydrogen-bond donors (Lipinski definition) is 0. The Balaban J connectivity index is 1.78. The molecule has 2 aliphatic rings. The van der Waals surface area contributed by atoms with Crippen LogP contribution in [0.15, 0.2) is 12.1 Å². The number of hydrogen-bond acceptors (Lipinski definition) is 1. The van der Waals surface area contributed by atoms with E-state index in [0.29, 0.717) is 5.75 Å². The first-order valence-electron chi connectivity index (χ1n) is 6.07. The molecule has 0 radical (unpaired) electrons. The van der Waals surface area contributed by atoms with Crippen molar-refractivity contribution in [2.75, 3.05) is 0 Å². The Morgan fingerprint density at radius 1 is 1.12 bits per heavy atom. The van der Waals surface area contributed by atoms with Gasteiger partial charge in [-0.3, -0.25) is 0 Å². The molecule has 0 amide bonds. The first-order valence-corrected chi connectivity index (χ1v) is 6.07. The zero-order valence-corrected chi connectivity index (χ0v) is 9.79. The van der Waals surface area contributed by atoms with Gasteiger partial charge in [-0.2, -0.15) is 0 Å². The maximum absolute atomic E-state index is 13.7. The first kappa shape index (κ1) is 10.1. The molecule has 1 aromatic rings. The molecule has 0 aromatic heterocycles.